The number of aromatic nitrogens is 4. The minimum Gasteiger partial charge on any atom is -0.372 e. The molecule has 0 spiro atoms. The van der Waals surface area contributed by atoms with Crippen LogP contribution in [0, 0.1) is 11.3 Å². The summed E-state index contributed by atoms with van der Waals surface area (Å²) in [4.78, 5) is 20.2. The maximum absolute atomic E-state index is 11.9. The topological polar surface area (TPSA) is 72.3 Å². The lowest BCUT2D eigenvalue weighted by atomic mass is 9.71. The molecule has 2 unspecified atom stereocenters. The lowest BCUT2D eigenvalue weighted by molar-refractivity contribution is -0.0327. The maximum atomic E-state index is 11.9. The van der Waals surface area contributed by atoms with Crippen LogP contribution in [0.3, 0.4) is 0 Å². The predicted molar refractivity (Wildman–Crippen MR) is 79.0 cm³/mol. The van der Waals surface area contributed by atoms with E-state index in [2.05, 4.69) is 35.8 Å². The monoisotopic (exact) mass is 290 g/mol. The van der Waals surface area contributed by atoms with Gasteiger partial charge in [0.1, 0.15) is 6.33 Å². The fraction of sp³-hybridized carbons (Fsp3) is 0.667. The van der Waals surface area contributed by atoms with Crippen molar-refractivity contribution >= 4 is 5.78 Å². The highest BCUT2D eigenvalue weighted by Gasteiger charge is 2.32. The van der Waals surface area contributed by atoms with Crippen LogP contribution in [0.4, 0.5) is 0 Å². The third-order valence-corrected chi connectivity index (χ3v) is 4.13. The highest BCUT2D eigenvalue weighted by atomic mass is 16.5. The molecule has 2 aromatic rings. The number of aromatic amines is 1. The molecule has 1 fully saturated rings. The second kappa shape index (κ2) is 5.26. The van der Waals surface area contributed by atoms with E-state index in [0.29, 0.717) is 29.4 Å². The SMILES string of the molecule is CC1CC(OCc2cc(=O)n3[nH]cnc3n2)CC(C)(C)C1. The van der Waals surface area contributed by atoms with Crippen LogP contribution in [0.25, 0.3) is 5.78 Å². The van der Waals surface area contributed by atoms with Gasteiger partial charge in [0.2, 0.25) is 0 Å². The van der Waals surface area contributed by atoms with E-state index in [1.54, 1.807) is 0 Å². The number of nitrogens with zero attached hydrogens (tertiary/aromatic N) is 3. The van der Waals surface area contributed by atoms with Gasteiger partial charge in [0, 0.05) is 6.07 Å². The maximum Gasteiger partial charge on any atom is 0.274 e. The number of rotatable bonds is 3. The van der Waals surface area contributed by atoms with E-state index in [1.807, 2.05) is 0 Å². The van der Waals surface area contributed by atoms with E-state index in [9.17, 15) is 4.79 Å². The molecule has 3 rings (SSSR count). The van der Waals surface area contributed by atoms with Crippen LogP contribution in [0.5, 0.6) is 0 Å². The molecule has 1 saturated carbocycles. The predicted octanol–water partition coefficient (Wildman–Crippen LogP) is 2.15. The molecular formula is C15H22N4O2. The van der Waals surface area contributed by atoms with Crippen LogP contribution >= 0.6 is 0 Å². The first kappa shape index (κ1) is 14.3. The molecule has 1 aliphatic rings. The highest BCUT2D eigenvalue weighted by Crippen LogP contribution is 2.39. The molecule has 1 N–H and O–H groups in total. The molecule has 0 radical (unpaired) electrons. The van der Waals surface area contributed by atoms with E-state index in [4.69, 9.17) is 4.74 Å². The lowest BCUT2D eigenvalue weighted by Gasteiger charge is -2.38. The largest absolute Gasteiger partial charge is 0.372 e. The average molecular weight is 290 g/mol. The molecule has 0 amide bonds. The molecule has 1 aliphatic carbocycles. The molecule has 0 aliphatic heterocycles. The third kappa shape index (κ3) is 3.15. The first-order valence-corrected chi connectivity index (χ1v) is 7.47. The van der Waals surface area contributed by atoms with Gasteiger partial charge in [-0.2, -0.15) is 4.52 Å². The smallest absolute Gasteiger partial charge is 0.274 e. The van der Waals surface area contributed by atoms with Crippen molar-refractivity contribution in [1.29, 1.82) is 0 Å². The molecular weight excluding hydrogens is 268 g/mol. The summed E-state index contributed by atoms with van der Waals surface area (Å²) in [5, 5.41) is 2.73. The Labute approximate surface area is 123 Å². The molecule has 2 heterocycles. The standard InChI is InChI=1S/C15H22N4O2/c1-10-4-12(7-15(2,3)6-10)21-8-11-5-13(20)19-14(18-11)16-9-17-19/h5,9-10,12H,4,6-8H2,1-3H3,(H,16,17,18). The van der Waals surface area contributed by atoms with E-state index < -0.39 is 0 Å². The number of fused-ring (bicyclic) bond motifs is 1. The van der Waals surface area contributed by atoms with Crippen molar-refractivity contribution in [3.63, 3.8) is 0 Å². The molecule has 6 nitrogen and oxygen atoms in total. The first-order valence-electron chi connectivity index (χ1n) is 7.47. The van der Waals surface area contributed by atoms with E-state index in [-0.39, 0.29) is 11.7 Å². The first-order chi connectivity index (χ1) is 9.93. The van der Waals surface area contributed by atoms with Crippen molar-refractivity contribution in [3.05, 3.63) is 28.4 Å². The normalized spacial score (nSPS) is 25.3. The molecule has 2 aromatic heterocycles. The van der Waals surface area contributed by atoms with Gasteiger partial charge in [-0.1, -0.05) is 20.8 Å². The van der Waals surface area contributed by atoms with Gasteiger partial charge < -0.3 is 4.74 Å². The number of H-pyrrole nitrogens is 1. The van der Waals surface area contributed by atoms with Crippen molar-refractivity contribution in [3.8, 4) is 0 Å². The van der Waals surface area contributed by atoms with Crippen LogP contribution in [-0.4, -0.2) is 25.7 Å². The second-order valence-electron chi connectivity index (χ2n) is 6.95. The molecule has 114 valence electrons. The average Bonchev–Trinajstić information content (AvgIpc) is 2.82. The lowest BCUT2D eigenvalue weighted by Crippen LogP contribution is -2.32. The van der Waals surface area contributed by atoms with Crippen molar-refractivity contribution in [2.45, 2.75) is 52.7 Å². The van der Waals surface area contributed by atoms with Gasteiger partial charge in [0.25, 0.3) is 11.3 Å². The summed E-state index contributed by atoms with van der Waals surface area (Å²) in [7, 11) is 0. The Kier molecular flexibility index (Phi) is 3.57. The zero-order chi connectivity index (χ0) is 15.0. The molecule has 2 atom stereocenters. The summed E-state index contributed by atoms with van der Waals surface area (Å²) in [5.41, 5.74) is 0.804. The zero-order valence-electron chi connectivity index (χ0n) is 12.8. The van der Waals surface area contributed by atoms with Gasteiger partial charge in [-0.3, -0.25) is 9.89 Å². The summed E-state index contributed by atoms with van der Waals surface area (Å²) < 4.78 is 7.32. The van der Waals surface area contributed by atoms with Gasteiger partial charge in [0.15, 0.2) is 0 Å². The molecule has 6 heteroatoms. The van der Waals surface area contributed by atoms with Gasteiger partial charge in [-0.15, -0.1) is 0 Å². The van der Waals surface area contributed by atoms with Crippen molar-refractivity contribution in [2.24, 2.45) is 11.3 Å². The Hall–Kier alpha value is -1.69. The Balaban J connectivity index is 1.70. The number of nitrogens with one attached hydrogen (secondary N) is 1. The van der Waals surface area contributed by atoms with Crippen molar-refractivity contribution in [2.75, 3.05) is 0 Å². The number of hydrogen-bond donors (Lipinski definition) is 1. The Morgan fingerprint density at radius 2 is 2.29 bits per heavy atom. The quantitative estimate of drug-likeness (QED) is 0.940. The summed E-state index contributed by atoms with van der Waals surface area (Å²) >= 11 is 0. The fourth-order valence-electron chi connectivity index (χ4n) is 3.53. The fourth-order valence-corrected chi connectivity index (χ4v) is 3.53. The summed E-state index contributed by atoms with van der Waals surface area (Å²) in [6.07, 6.45) is 5.07. The van der Waals surface area contributed by atoms with Crippen LogP contribution in [-0.2, 0) is 11.3 Å². The molecule has 0 saturated heterocycles. The van der Waals surface area contributed by atoms with E-state index in [1.165, 1.54) is 23.3 Å². The van der Waals surface area contributed by atoms with Crippen LogP contribution in [0.1, 0.15) is 45.7 Å². The van der Waals surface area contributed by atoms with Crippen LogP contribution in [0.2, 0.25) is 0 Å². The van der Waals surface area contributed by atoms with E-state index >= 15 is 0 Å². The number of hydrogen-bond acceptors (Lipinski definition) is 4. The van der Waals surface area contributed by atoms with Gasteiger partial charge >= 0.3 is 0 Å². The highest BCUT2D eigenvalue weighted by molar-refractivity contribution is 5.25. The van der Waals surface area contributed by atoms with Crippen LogP contribution in [0.15, 0.2) is 17.2 Å². The third-order valence-electron chi connectivity index (χ3n) is 4.13. The molecule has 21 heavy (non-hydrogen) atoms. The molecule has 0 bridgehead atoms. The Morgan fingerprint density at radius 3 is 3.05 bits per heavy atom. The minimum absolute atomic E-state index is 0.159. The Bertz CT molecular complexity index is 688. The van der Waals surface area contributed by atoms with Gasteiger partial charge in [-0.05, 0) is 30.6 Å². The number of ether oxygens (including phenoxy) is 1. The molecule has 0 aromatic carbocycles. The van der Waals surface area contributed by atoms with Crippen molar-refractivity contribution < 1.29 is 4.74 Å². The van der Waals surface area contributed by atoms with Crippen LogP contribution < -0.4 is 5.56 Å². The zero-order valence-corrected chi connectivity index (χ0v) is 12.8. The van der Waals surface area contributed by atoms with Gasteiger partial charge in [0.05, 0.1) is 18.4 Å². The minimum atomic E-state index is -0.159. The summed E-state index contributed by atoms with van der Waals surface area (Å²) in [6, 6.07) is 1.50. The Morgan fingerprint density at radius 1 is 1.48 bits per heavy atom. The van der Waals surface area contributed by atoms with Crippen molar-refractivity contribution in [1.82, 2.24) is 19.6 Å². The summed E-state index contributed by atoms with van der Waals surface area (Å²) in [6.45, 7) is 7.22. The van der Waals surface area contributed by atoms with Gasteiger partial charge in [-0.25, -0.2) is 9.97 Å². The second-order valence-corrected chi connectivity index (χ2v) is 6.95. The van der Waals surface area contributed by atoms with E-state index in [0.717, 1.165) is 12.8 Å². The summed E-state index contributed by atoms with van der Waals surface area (Å²) in [5.74, 6) is 1.06.